The van der Waals surface area contributed by atoms with Gasteiger partial charge in [0.15, 0.2) is 0 Å². The van der Waals surface area contributed by atoms with Crippen LogP contribution >= 0.6 is 0 Å². The summed E-state index contributed by atoms with van der Waals surface area (Å²) in [5.74, 6) is 0. The Morgan fingerprint density at radius 1 is 1.04 bits per heavy atom. The second-order valence-electron chi connectivity index (χ2n) is 6.75. The van der Waals surface area contributed by atoms with Gasteiger partial charge in [0.1, 0.15) is 6.61 Å². The van der Waals surface area contributed by atoms with Gasteiger partial charge in [-0.25, -0.2) is 4.79 Å². The molecular formula is C22H27NO2. The van der Waals surface area contributed by atoms with Crippen molar-refractivity contribution >= 4 is 6.09 Å². The number of hydrogen-bond donors (Lipinski definition) is 0. The van der Waals surface area contributed by atoms with E-state index in [2.05, 4.69) is 19.1 Å². The molecule has 25 heavy (non-hydrogen) atoms. The lowest BCUT2D eigenvalue weighted by Crippen LogP contribution is -2.45. The topological polar surface area (TPSA) is 29.5 Å². The summed E-state index contributed by atoms with van der Waals surface area (Å²) >= 11 is 0. The monoisotopic (exact) mass is 337 g/mol. The molecular weight excluding hydrogens is 310 g/mol. The Morgan fingerprint density at radius 3 is 2.40 bits per heavy atom. The van der Waals surface area contributed by atoms with Crippen molar-refractivity contribution in [2.45, 2.75) is 57.7 Å². The van der Waals surface area contributed by atoms with Gasteiger partial charge in [0.25, 0.3) is 0 Å². The van der Waals surface area contributed by atoms with Gasteiger partial charge in [-0.1, -0.05) is 74.0 Å². The van der Waals surface area contributed by atoms with E-state index in [1.54, 1.807) is 0 Å². The number of carbonyl (C=O) groups is 1. The first-order chi connectivity index (χ1) is 12.3. The zero-order valence-corrected chi connectivity index (χ0v) is 14.9. The molecule has 1 aliphatic heterocycles. The molecule has 0 saturated carbocycles. The van der Waals surface area contributed by atoms with Gasteiger partial charge in [0.05, 0.1) is 6.04 Å². The number of rotatable bonds is 5. The minimum absolute atomic E-state index is 0.120. The van der Waals surface area contributed by atoms with Crippen LogP contribution in [0.4, 0.5) is 4.79 Å². The Bertz CT molecular complexity index is 654. The third kappa shape index (κ3) is 4.41. The van der Waals surface area contributed by atoms with Crippen molar-refractivity contribution in [1.82, 2.24) is 4.90 Å². The summed E-state index contributed by atoms with van der Waals surface area (Å²) in [6.07, 6.45) is 5.16. The SMILES string of the molecule is CCC[C@H]1CCC[C@H](c2ccccc2)N1C(=O)OCc1ccccc1. The molecule has 1 fully saturated rings. The molecule has 0 aliphatic carbocycles. The first kappa shape index (κ1) is 17.5. The fourth-order valence-electron chi connectivity index (χ4n) is 3.77. The average Bonchev–Trinajstić information content (AvgIpc) is 2.68. The molecule has 132 valence electrons. The molecule has 2 atom stereocenters. The van der Waals surface area contributed by atoms with E-state index in [1.165, 1.54) is 5.56 Å². The molecule has 1 amide bonds. The van der Waals surface area contributed by atoms with Gasteiger partial charge in [-0.3, -0.25) is 4.90 Å². The Labute approximate surface area is 150 Å². The second kappa shape index (κ2) is 8.70. The molecule has 0 bridgehead atoms. The number of likely N-dealkylation sites (tertiary alicyclic amines) is 1. The van der Waals surface area contributed by atoms with Gasteiger partial charge in [0, 0.05) is 6.04 Å². The summed E-state index contributed by atoms with van der Waals surface area (Å²) in [6, 6.07) is 20.6. The summed E-state index contributed by atoms with van der Waals surface area (Å²) in [5.41, 5.74) is 2.23. The van der Waals surface area contributed by atoms with Crippen molar-refractivity contribution in [3.05, 3.63) is 71.8 Å². The molecule has 2 aromatic carbocycles. The lowest BCUT2D eigenvalue weighted by molar-refractivity contribution is 0.0384. The quantitative estimate of drug-likeness (QED) is 0.698. The van der Waals surface area contributed by atoms with Gasteiger partial charge >= 0.3 is 6.09 Å². The van der Waals surface area contributed by atoms with Gasteiger partial charge < -0.3 is 4.74 Å². The van der Waals surface area contributed by atoms with Crippen LogP contribution in [0.15, 0.2) is 60.7 Å². The van der Waals surface area contributed by atoms with Crippen LogP contribution in [0.25, 0.3) is 0 Å². The van der Waals surface area contributed by atoms with E-state index >= 15 is 0 Å². The van der Waals surface area contributed by atoms with E-state index in [-0.39, 0.29) is 18.2 Å². The Hall–Kier alpha value is -2.29. The number of nitrogens with zero attached hydrogens (tertiary/aromatic N) is 1. The molecule has 0 spiro atoms. The van der Waals surface area contributed by atoms with Crippen molar-refractivity contribution in [1.29, 1.82) is 0 Å². The zero-order valence-electron chi connectivity index (χ0n) is 14.9. The van der Waals surface area contributed by atoms with Crippen LogP contribution < -0.4 is 0 Å². The van der Waals surface area contributed by atoms with Crippen LogP contribution in [0, 0.1) is 0 Å². The Kier molecular flexibility index (Phi) is 6.10. The largest absolute Gasteiger partial charge is 0.445 e. The molecule has 1 heterocycles. The van der Waals surface area contributed by atoms with Gasteiger partial charge in [0.2, 0.25) is 0 Å². The molecule has 3 rings (SSSR count). The minimum Gasteiger partial charge on any atom is -0.445 e. The van der Waals surface area contributed by atoms with Crippen molar-refractivity contribution in [2.75, 3.05) is 0 Å². The third-order valence-electron chi connectivity index (χ3n) is 4.97. The summed E-state index contributed by atoms with van der Waals surface area (Å²) < 4.78 is 5.68. The normalized spacial score (nSPS) is 20.3. The smallest absolute Gasteiger partial charge is 0.410 e. The second-order valence-corrected chi connectivity index (χ2v) is 6.75. The zero-order chi connectivity index (χ0) is 17.5. The fraction of sp³-hybridized carbons (Fsp3) is 0.409. The first-order valence-electron chi connectivity index (χ1n) is 9.33. The fourth-order valence-corrected chi connectivity index (χ4v) is 3.77. The van der Waals surface area contributed by atoms with Gasteiger partial charge in [-0.2, -0.15) is 0 Å². The third-order valence-corrected chi connectivity index (χ3v) is 4.97. The van der Waals surface area contributed by atoms with Crippen molar-refractivity contribution in [3.8, 4) is 0 Å². The minimum atomic E-state index is -0.184. The highest BCUT2D eigenvalue weighted by molar-refractivity contribution is 5.69. The van der Waals surface area contributed by atoms with Gasteiger partial charge in [-0.05, 0) is 36.8 Å². The Morgan fingerprint density at radius 2 is 1.72 bits per heavy atom. The van der Waals surface area contributed by atoms with Crippen LogP contribution in [0.1, 0.15) is 56.2 Å². The number of piperidine rings is 1. The number of amides is 1. The number of carbonyl (C=O) groups excluding carboxylic acids is 1. The standard InChI is InChI=1S/C22H27NO2/c1-2-10-20-15-9-16-21(19-13-7-4-8-14-19)23(20)22(24)25-17-18-11-5-3-6-12-18/h3-8,11-14,20-21H,2,9-10,15-17H2,1H3/t20-,21+/m0/s1. The predicted octanol–water partition coefficient (Wildman–Crippen LogP) is 5.72. The van der Waals surface area contributed by atoms with E-state index in [1.807, 2.05) is 53.4 Å². The van der Waals surface area contributed by atoms with Crippen molar-refractivity contribution in [3.63, 3.8) is 0 Å². The summed E-state index contributed by atoms with van der Waals surface area (Å²) in [7, 11) is 0. The summed E-state index contributed by atoms with van der Waals surface area (Å²) in [6.45, 7) is 2.51. The highest BCUT2D eigenvalue weighted by atomic mass is 16.6. The lowest BCUT2D eigenvalue weighted by atomic mass is 9.89. The highest BCUT2D eigenvalue weighted by Crippen LogP contribution is 2.36. The molecule has 1 saturated heterocycles. The Balaban J connectivity index is 1.76. The predicted molar refractivity (Wildman–Crippen MR) is 100 cm³/mol. The average molecular weight is 337 g/mol. The van der Waals surface area contributed by atoms with E-state index in [0.29, 0.717) is 6.61 Å². The molecule has 3 nitrogen and oxygen atoms in total. The molecule has 1 aliphatic rings. The molecule has 0 aromatic heterocycles. The number of ether oxygens (including phenoxy) is 1. The van der Waals surface area contributed by atoms with Crippen LogP contribution in [-0.4, -0.2) is 17.0 Å². The highest BCUT2D eigenvalue weighted by Gasteiger charge is 2.35. The molecule has 2 aromatic rings. The maximum Gasteiger partial charge on any atom is 0.410 e. The maximum atomic E-state index is 12.9. The van der Waals surface area contributed by atoms with Crippen molar-refractivity contribution in [2.24, 2.45) is 0 Å². The lowest BCUT2D eigenvalue weighted by Gasteiger charge is -2.41. The molecule has 3 heteroatoms. The van der Waals surface area contributed by atoms with Crippen LogP contribution in [0.2, 0.25) is 0 Å². The van der Waals surface area contributed by atoms with Crippen LogP contribution in [0.3, 0.4) is 0 Å². The molecule has 0 radical (unpaired) electrons. The van der Waals surface area contributed by atoms with Crippen molar-refractivity contribution < 1.29 is 9.53 Å². The van der Waals surface area contributed by atoms with E-state index < -0.39 is 0 Å². The van der Waals surface area contributed by atoms with E-state index in [9.17, 15) is 4.79 Å². The first-order valence-corrected chi connectivity index (χ1v) is 9.33. The maximum absolute atomic E-state index is 12.9. The molecule has 0 unspecified atom stereocenters. The number of benzene rings is 2. The molecule has 0 N–H and O–H groups in total. The van der Waals surface area contributed by atoms with Crippen LogP contribution in [-0.2, 0) is 11.3 Å². The van der Waals surface area contributed by atoms with Gasteiger partial charge in [-0.15, -0.1) is 0 Å². The summed E-state index contributed by atoms with van der Waals surface area (Å²) in [5, 5.41) is 0. The summed E-state index contributed by atoms with van der Waals surface area (Å²) in [4.78, 5) is 14.9. The van der Waals surface area contributed by atoms with E-state index in [0.717, 1.165) is 37.7 Å². The van der Waals surface area contributed by atoms with Crippen LogP contribution in [0.5, 0.6) is 0 Å². The number of hydrogen-bond acceptors (Lipinski definition) is 2. The van der Waals surface area contributed by atoms with E-state index in [4.69, 9.17) is 4.74 Å².